The monoisotopic (exact) mass is 509 g/mol. The second-order valence-electron chi connectivity index (χ2n) is 8.82. The molecule has 0 saturated carbocycles. The molecule has 2 aromatic heterocycles. The van der Waals surface area contributed by atoms with Crippen LogP contribution in [0.25, 0.3) is 0 Å². The molecular formula is C26H39N9O2+2. The van der Waals surface area contributed by atoms with Crippen molar-refractivity contribution >= 4 is 18.0 Å². The maximum absolute atomic E-state index is 12.0. The number of rotatable bonds is 12. The predicted octanol–water partition coefficient (Wildman–Crippen LogP) is 1.51. The summed E-state index contributed by atoms with van der Waals surface area (Å²) in [4.78, 5) is 23.9. The highest BCUT2D eigenvalue weighted by molar-refractivity contribution is 6.02. The lowest BCUT2D eigenvalue weighted by Gasteiger charge is -2.10. The fraction of sp³-hybridized carbons (Fsp3) is 0.423. The minimum absolute atomic E-state index is 0.372. The second kappa shape index (κ2) is 14.4. The topological polar surface area (TPSA) is 124 Å². The first-order chi connectivity index (χ1) is 17.9. The molecule has 0 spiro atoms. The van der Waals surface area contributed by atoms with Crippen LogP contribution in [0.4, 0.5) is 9.59 Å². The van der Waals surface area contributed by atoms with E-state index >= 15 is 0 Å². The van der Waals surface area contributed by atoms with Crippen LogP contribution >= 0.6 is 0 Å². The number of benzene rings is 1. The number of carbonyl (C=O) groups is 2. The van der Waals surface area contributed by atoms with E-state index in [1.54, 1.807) is 0 Å². The third kappa shape index (κ3) is 9.79. The molecule has 11 heteroatoms. The average molecular weight is 510 g/mol. The molecule has 4 amide bonds. The summed E-state index contributed by atoms with van der Waals surface area (Å²) in [7, 11) is 0. The van der Waals surface area contributed by atoms with Crippen molar-refractivity contribution in [1.29, 1.82) is 5.41 Å². The number of guanidine groups is 1. The van der Waals surface area contributed by atoms with Gasteiger partial charge in [-0.1, -0.05) is 31.2 Å². The molecule has 3 aromatic rings. The van der Waals surface area contributed by atoms with Crippen LogP contribution in [-0.4, -0.2) is 40.2 Å². The van der Waals surface area contributed by atoms with Crippen molar-refractivity contribution in [3.8, 4) is 0 Å². The standard InChI is InChI=1S/C26H37N9O2/c1-3-22-7-9-23(10-8-22)19-35-18-17-34(21-35)14-6-12-29-26(37)31-24(27)30-25(36)28-11-5-13-33-16-15-32(4-2)20-33/h7-10,15-18,20-21H,3-6,11-14,19H2,1-2H3,(H3-2,27,28,29,30,31,36,37)/p+2. The lowest BCUT2D eigenvalue weighted by molar-refractivity contribution is -0.696. The molecular weight excluding hydrogens is 470 g/mol. The molecule has 0 radical (unpaired) electrons. The number of aromatic nitrogens is 4. The Kier molecular flexibility index (Phi) is 10.7. The van der Waals surface area contributed by atoms with Gasteiger partial charge in [-0.15, -0.1) is 0 Å². The lowest BCUT2D eigenvalue weighted by Crippen LogP contribution is -2.50. The zero-order valence-corrected chi connectivity index (χ0v) is 21.7. The van der Waals surface area contributed by atoms with Crippen LogP contribution in [0.1, 0.15) is 37.8 Å². The zero-order valence-electron chi connectivity index (χ0n) is 21.7. The highest BCUT2D eigenvalue weighted by Gasteiger charge is 2.09. The van der Waals surface area contributed by atoms with Gasteiger partial charge in [0, 0.05) is 25.9 Å². The van der Waals surface area contributed by atoms with Gasteiger partial charge in [0.1, 0.15) is 31.3 Å². The van der Waals surface area contributed by atoms with Crippen LogP contribution in [-0.2, 0) is 32.6 Å². The van der Waals surface area contributed by atoms with E-state index in [-0.39, 0.29) is 5.96 Å². The average Bonchev–Trinajstić information content (AvgIpc) is 3.54. The van der Waals surface area contributed by atoms with Crippen LogP contribution in [0.5, 0.6) is 0 Å². The highest BCUT2D eigenvalue weighted by atomic mass is 16.2. The minimum atomic E-state index is -0.528. The lowest BCUT2D eigenvalue weighted by atomic mass is 10.1. The van der Waals surface area contributed by atoms with E-state index < -0.39 is 12.1 Å². The third-order valence-corrected chi connectivity index (χ3v) is 5.89. The van der Waals surface area contributed by atoms with Gasteiger partial charge in [0.25, 0.3) is 0 Å². The maximum atomic E-state index is 12.0. The van der Waals surface area contributed by atoms with Gasteiger partial charge in [0.05, 0.1) is 19.6 Å². The van der Waals surface area contributed by atoms with Crippen LogP contribution in [0.3, 0.4) is 0 Å². The van der Waals surface area contributed by atoms with E-state index in [9.17, 15) is 9.59 Å². The summed E-state index contributed by atoms with van der Waals surface area (Å²) >= 11 is 0. The summed E-state index contributed by atoms with van der Waals surface area (Å²) < 4.78 is 8.33. The van der Waals surface area contributed by atoms with Crippen LogP contribution < -0.4 is 30.4 Å². The van der Waals surface area contributed by atoms with Gasteiger partial charge >= 0.3 is 12.1 Å². The summed E-state index contributed by atoms with van der Waals surface area (Å²) in [5.74, 6) is -0.372. The number of hydrogen-bond donors (Lipinski definition) is 5. The molecule has 198 valence electrons. The third-order valence-electron chi connectivity index (χ3n) is 5.89. The molecule has 5 N–H and O–H groups in total. The van der Waals surface area contributed by atoms with Gasteiger partial charge in [-0.3, -0.25) is 16.0 Å². The Labute approximate surface area is 218 Å². The van der Waals surface area contributed by atoms with Gasteiger partial charge in [-0.05, 0) is 24.5 Å². The Bertz CT molecular complexity index is 1150. The van der Waals surface area contributed by atoms with Gasteiger partial charge in [0.15, 0.2) is 0 Å². The summed E-state index contributed by atoms with van der Waals surface area (Å²) in [6, 6.07) is 7.60. The van der Waals surface area contributed by atoms with E-state index in [2.05, 4.69) is 77.6 Å². The predicted molar refractivity (Wildman–Crippen MR) is 140 cm³/mol. The molecule has 11 nitrogen and oxygen atoms in total. The molecule has 0 bridgehead atoms. The Morgan fingerprint density at radius 2 is 1.43 bits per heavy atom. The van der Waals surface area contributed by atoms with Crippen LogP contribution in [0.2, 0.25) is 0 Å². The van der Waals surface area contributed by atoms with E-state index in [1.165, 1.54) is 11.1 Å². The number of amides is 4. The van der Waals surface area contributed by atoms with Gasteiger partial charge < -0.3 is 10.6 Å². The van der Waals surface area contributed by atoms with Crippen molar-refractivity contribution in [3.05, 3.63) is 72.8 Å². The Hall–Kier alpha value is -4.15. The number of urea groups is 2. The van der Waals surface area contributed by atoms with Crippen molar-refractivity contribution < 1.29 is 18.7 Å². The summed E-state index contributed by atoms with van der Waals surface area (Å²) in [6.07, 6.45) is 14.6. The molecule has 0 saturated heterocycles. The molecule has 1 aromatic carbocycles. The smallest absolute Gasteiger partial charge is 0.321 e. The number of imidazole rings is 2. The van der Waals surface area contributed by atoms with Gasteiger partial charge in [0.2, 0.25) is 18.6 Å². The van der Waals surface area contributed by atoms with E-state index in [0.29, 0.717) is 13.1 Å². The first-order valence-electron chi connectivity index (χ1n) is 12.8. The SMILES string of the molecule is CCc1ccc(C[n+]2ccn(CCCNC(=O)NC(=N)NC(=O)NCCC[n+]3ccn(CC)c3)c2)cc1. The van der Waals surface area contributed by atoms with E-state index in [4.69, 9.17) is 5.41 Å². The number of hydrogen-bond acceptors (Lipinski definition) is 3. The zero-order chi connectivity index (χ0) is 26.5. The van der Waals surface area contributed by atoms with Crippen molar-refractivity contribution in [2.75, 3.05) is 13.1 Å². The number of carbonyl (C=O) groups excluding carboxylic acids is 2. The summed E-state index contributed by atoms with van der Waals surface area (Å²) in [5, 5.41) is 17.8. The molecule has 0 aliphatic heterocycles. The molecule has 37 heavy (non-hydrogen) atoms. The minimum Gasteiger partial charge on any atom is -0.338 e. The van der Waals surface area contributed by atoms with Gasteiger partial charge in [-0.25, -0.2) is 27.9 Å². The quantitative estimate of drug-likeness (QED) is 0.110. The van der Waals surface area contributed by atoms with Crippen molar-refractivity contribution in [2.45, 2.75) is 59.3 Å². The van der Waals surface area contributed by atoms with E-state index in [0.717, 1.165) is 45.4 Å². The van der Waals surface area contributed by atoms with Gasteiger partial charge in [-0.2, -0.15) is 0 Å². The van der Waals surface area contributed by atoms with Crippen molar-refractivity contribution in [2.24, 2.45) is 0 Å². The normalized spacial score (nSPS) is 10.6. The van der Waals surface area contributed by atoms with Crippen molar-refractivity contribution in [1.82, 2.24) is 30.4 Å². The molecule has 2 heterocycles. The molecule has 0 fully saturated rings. The Balaban J connectivity index is 1.24. The molecule has 3 rings (SSSR count). The Morgan fingerprint density at radius 3 is 2.08 bits per heavy atom. The highest BCUT2D eigenvalue weighted by Crippen LogP contribution is 2.04. The van der Waals surface area contributed by atoms with Crippen LogP contribution in [0.15, 0.2) is 61.7 Å². The van der Waals surface area contributed by atoms with E-state index in [1.807, 2.05) is 37.4 Å². The second-order valence-corrected chi connectivity index (χ2v) is 8.82. The Morgan fingerprint density at radius 1 is 0.838 bits per heavy atom. The van der Waals surface area contributed by atoms with Crippen molar-refractivity contribution in [3.63, 3.8) is 0 Å². The molecule has 0 aliphatic rings. The summed E-state index contributed by atoms with van der Waals surface area (Å²) in [5.41, 5.74) is 2.59. The fourth-order valence-corrected chi connectivity index (χ4v) is 3.79. The fourth-order valence-electron chi connectivity index (χ4n) is 3.79. The number of aryl methyl sites for hydroxylation is 4. The summed E-state index contributed by atoms with van der Waals surface area (Å²) in [6.45, 7) is 8.39. The molecule has 0 atom stereocenters. The number of nitrogens with zero attached hydrogens (tertiary/aromatic N) is 4. The number of nitrogens with one attached hydrogen (secondary N) is 5. The first kappa shape index (κ1) is 27.4. The molecule has 0 aliphatic carbocycles. The largest absolute Gasteiger partial charge is 0.338 e. The first-order valence-corrected chi connectivity index (χ1v) is 12.8. The van der Waals surface area contributed by atoms with Crippen LogP contribution in [0, 0.1) is 5.41 Å². The maximum Gasteiger partial charge on any atom is 0.321 e. The molecule has 0 unspecified atom stereocenters.